The number of hydrogen-bond donors (Lipinski definition) is 2. The Labute approximate surface area is 95.7 Å². The van der Waals surface area contributed by atoms with Crippen LogP contribution in [-0.4, -0.2) is 9.97 Å². The Bertz CT molecular complexity index is 512. The Morgan fingerprint density at radius 1 is 1.31 bits per heavy atom. The molecule has 0 amide bonds. The Hall–Kier alpha value is -1.77. The molecule has 0 saturated carbocycles. The molecule has 0 unspecified atom stereocenters. The molecule has 16 heavy (non-hydrogen) atoms. The van der Waals surface area contributed by atoms with Crippen molar-refractivity contribution in [2.24, 2.45) is 0 Å². The number of H-pyrrole nitrogens is 1. The summed E-state index contributed by atoms with van der Waals surface area (Å²) >= 11 is 0. The minimum Gasteiger partial charge on any atom is -0.399 e. The first kappa shape index (κ1) is 10.7. The maximum atomic E-state index is 5.74. The van der Waals surface area contributed by atoms with E-state index in [0.717, 1.165) is 40.4 Å². The van der Waals surface area contributed by atoms with Gasteiger partial charge in [0.1, 0.15) is 5.82 Å². The quantitative estimate of drug-likeness (QED) is 0.757. The number of anilines is 1. The average molecular weight is 215 g/mol. The van der Waals surface area contributed by atoms with Crippen LogP contribution in [0.3, 0.4) is 0 Å². The van der Waals surface area contributed by atoms with E-state index in [1.165, 1.54) is 0 Å². The molecule has 1 aromatic heterocycles. The SMILES string of the molecule is CCc1nc(-c2ccc(N)cc2C)[nH]c1C. The fourth-order valence-electron chi connectivity index (χ4n) is 1.92. The topological polar surface area (TPSA) is 54.7 Å². The number of rotatable bonds is 2. The van der Waals surface area contributed by atoms with Crippen molar-refractivity contribution in [1.82, 2.24) is 9.97 Å². The average Bonchev–Trinajstić information content (AvgIpc) is 2.59. The van der Waals surface area contributed by atoms with Crippen LogP contribution in [0.4, 0.5) is 5.69 Å². The molecular formula is C13H17N3. The summed E-state index contributed by atoms with van der Waals surface area (Å²) in [5.41, 5.74) is 11.1. The first-order valence-electron chi connectivity index (χ1n) is 5.53. The smallest absolute Gasteiger partial charge is 0.138 e. The van der Waals surface area contributed by atoms with E-state index < -0.39 is 0 Å². The summed E-state index contributed by atoms with van der Waals surface area (Å²) < 4.78 is 0. The highest BCUT2D eigenvalue weighted by molar-refractivity contribution is 5.64. The number of imidazole rings is 1. The molecule has 2 rings (SSSR count). The van der Waals surface area contributed by atoms with E-state index in [1.807, 2.05) is 18.2 Å². The molecule has 0 fully saturated rings. The van der Waals surface area contributed by atoms with E-state index in [2.05, 4.69) is 30.7 Å². The summed E-state index contributed by atoms with van der Waals surface area (Å²) in [6, 6.07) is 5.90. The second-order valence-electron chi connectivity index (χ2n) is 4.09. The zero-order chi connectivity index (χ0) is 11.7. The van der Waals surface area contributed by atoms with Gasteiger partial charge in [-0.2, -0.15) is 0 Å². The van der Waals surface area contributed by atoms with Crippen LogP contribution in [-0.2, 0) is 6.42 Å². The number of hydrogen-bond acceptors (Lipinski definition) is 2. The lowest BCUT2D eigenvalue weighted by Gasteiger charge is -2.03. The highest BCUT2D eigenvalue weighted by atomic mass is 14.9. The molecule has 0 saturated heterocycles. The molecule has 0 radical (unpaired) electrons. The lowest BCUT2D eigenvalue weighted by molar-refractivity contribution is 1.04. The van der Waals surface area contributed by atoms with Gasteiger partial charge in [-0.25, -0.2) is 4.98 Å². The zero-order valence-electron chi connectivity index (χ0n) is 9.96. The summed E-state index contributed by atoms with van der Waals surface area (Å²) in [7, 11) is 0. The van der Waals surface area contributed by atoms with Crippen molar-refractivity contribution in [3.05, 3.63) is 35.2 Å². The standard InChI is InChI=1S/C13H17N3/c1-4-12-9(3)15-13(16-12)11-6-5-10(14)7-8(11)2/h5-7H,4,14H2,1-3H3,(H,15,16). The predicted octanol–water partition coefficient (Wildman–Crippen LogP) is 2.84. The molecule has 0 aliphatic heterocycles. The summed E-state index contributed by atoms with van der Waals surface area (Å²) in [6.07, 6.45) is 0.955. The van der Waals surface area contributed by atoms with Gasteiger partial charge in [0.2, 0.25) is 0 Å². The van der Waals surface area contributed by atoms with Crippen molar-refractivity contribution in [3.8, 4) is 11.4 Å². The molecule has 0 aliphatic rings. The maximum absolute atomic E-state index is 5.74. The van der Waals surface area contributed by atoms with Crippen LogP contribution in [0, 0.1) is 13.8 Å². The molecular weight excluding hydrogens is 198 g/mol. The van der Waals surface area contributed by atoms with Crippen molar-refractivity contribution in [2.45, 2.75) is 27.2 Å². The molecule has 3 nitrogen and oxygen atoms in total. The molecule has 0 atom stereocenters. The summed E-state index contributed by atoms with van der Waals surface area (Å²) in [4.78, 5) is 7.91. The molecule has 1 heterocycles. The highest BCUT2D eigenvalue weighted by Gasteiger charge is 2.09. The molecule has 0 spiro atoms. The van der Waals surface area contributed by atoms with Gasteiger partial charge in [0.05, 0.1) is 5.69 Å². The molecule has 3 N–H and O–H groups in total. The molecule has 2 aromatic rings. The number of nitrogen functional groups attached to an aromatic ring is 1. The van der Waals surface area contributed by atoms with E-state index in [0.29, 0.717) is 0 Å². The Morgan fingerprint density at radius 2 is 2.06 bits per heavy atom. The van der Waals surface area contributed by atoms with E-state index in [9.17, 15) is 0 Å². The van der Waals surface area contributed by atoms with Gasteiger partial charge in [0, 0.05) is 16.9 Å². The Morgan fingerprint density at radius 3 is 2.62 bits per heavy atom. The van der Waals surface area contributed by atoms with Crippen LogP contribution in [0.1, 0.15) is 23.9 Å². The fraction of sp³-hybridized carbons (Fsp3) is 0.308. The Balaban J connectivity index is 2.50. The zero-order valence-corrected chi connectivity index (χ0v) is 9.96. The number of benzene rings is 1. The number of aromatic nitrogens is 2. The van der Waals surface area contributed by atoms with Crippen LogP contribution >= 0.6 is 0 Å². The molecule has 3 heteroatoms. The van der Waals surface area contributed by atoms with Crippen molar-refractivity contribution in [3.63, 3.8) is 0 Å². The monoisotopic (exact) mass is 215 g/mol. The largest absolute Gasteiger partial charge is 0.399 e. The summed E-state index contributed by atoms with van der Waals surface area (Å²) in [5, 5.41) is 0. The minimum absolute atomic E-state index is 0.792. The molecule has 0 bridgehead atoms. The number of aryl methyl sites for hydroxylation is 3. The van der Waals surface area contributed by atoms with E-state index in [1.54, 1.807) is 0 Å². The van der Waals surface area contributed by atoms with E-state index in [4.69, 9.17) is 5.73 Å². The van der Waals surface area contributed by atoms with Gasteiger partial charge in [0.15, 0.2) is 0 Å². The second-order valence-corrected chi connectivity index (χ2v) is 4.09. The minimum atomic E-state index is 0.792. The first-order chi connectivity index (χ1) is 7.61. The van der Waals surface area contributed by atoms with E-state index in [-0.39, 0.29) is 0 Å². The van der Waals surface area contributed by atoms with Gasteiger partial charge >= 0.3 is 0 Å². The van der Waals surface area contributed by atoms with Crippen LogP contribution < -0.4 is 5.73 Å². The summed E-state index contributed by atoms with van der Waals surface area (Å²) in [6.45, 7) is 6.22. The van der Waals surface area contributed by atoms with Gasteiger partial charge in [-0.05, 0) is 44.0 Å². The van der Waals surface area contributed by atoms with Gasteiger partial charge in [-0.3, -0.25) is 0 Å². The van der Waals surface area contributed by atoms with E-state index >= 15 is 0 Å². The number of nitrogens with one attached hydrogen (secondary N) is 1. The predicted molar refractivity (Wildman–Crippen MR) is 67.3 cm³/mol. The lowest BCUT2D eigenvalue weighted by Crippen LogP contribution is -1.90. The van der Waals surface area contributed by atoms with Crippen LogP contribution in [0.2, 0.25) is 0 Å². The number of nitrogens with zero attached hydrogens (tertiary/aromatic N) is 1. The van der Waals surface area contributed by atoms with Crippen LogP contribution in [0.5, 0.6) is 0 Å². The van der Waals surface area contributed by atoms with Crippen LogP contribution in [0.25, 0.3) is 11.4 Å². The number of nitrogens with two attached hydrogens (primary N) is 1. The third-order valence-corrected chi connectivity index (χ3v) is 2.83. The van der Waals surface area contributed by atoms with Gasteiger partial charge < -0.3 is 10.7 Å². The van der Waals surface area contributed by atoms with Gasteiger partial charge in [0.25, 0.3) is 0 Å². The van der Waals surface area contributed by atoms with Crippen molar-refractivity contribution in [1.29, 1.82) is 0 Å². The highest BCUT2D eigenvalue weighted by Crippen LogP contribution is 2.23. The van der Waals surface area contributed by atoms with Crippen molar-refractivity contribution in [2.75, 3.05) is 5.73 Å². The Kier molecular flexibility index (Phi) is 2.69. The van der Waals surface area contributed by atoms with Gasteiger partial charge in [-0.15, -0.1) is 0 Å². The van der Waals surface area contributed by atoms with Crippen molar-refractivity contribution >= 4 is 5.69 Å². The lowest BCUT2D eigenvalue weighted by atomic mass is 10.1. The third kappa shape index (κ3) is 1.81. The maximum Gasteiger partial charge on any atom is 0.138 e. The normalized spacial score (nSPS) is 10.7. The second kappa shape index (κ2) is 4.00. The van der Waals surface area contributed by atoms with Gasteiger partial charge in [-0.1, -0.05) is 6.92 Å². The third-order valence-electron chi connectivity index (χ3n) is 2.83. The number of aromatic amines is 1. The summed E-state index contributed by atoms with van der Waals surface area (Å²) in [5.74, 6) is 0.937. The van der Waals surface area contributed by atoms with Crippen molar-refractivity contribution < 1.29 is 0 Å². The molecule has 0 aliphatic carbocycles. The molecule has 1 aromatic carbocycles. The fourth-order valence-corrected chi connectivity index (χ4v) is 1.92. The van der Waals surface area contributed by atoms with Crippen LogP contribution in [0.15, 0.2) is 18.2 Å². The first-order valence-corrected chi connectivity index (χ1v) is 5.53. The molecule has 84 valence electrons.